The van der Waals surface area contributed by atoms with Crippen molar-refractivity contribution in [3.05, 3.63) is 70.9 Å². The third kappa shape index (κ3) is 4.93. The van der Waals surface area contributed by atoms with Gasteiger partial charge in [0, 0.05) is 29.3 Å². The van der Waals surface area contributed by atoms with Crippen molar-refractivity contribution in [3.8, 4) is 34.0 Å². The van der Waals surface area contributed by atoms with Crippen molar-refractivity contribution in [3.63, 3.8) is 0 Å². The number of nitro groups is 1. The van der Waals surface area contributed by atoms with E-state index >= 15 is 0 Å². The first-order valence-corrected chi connectivity index (χ1v) is 13.4. The summed E-state index contributed by atoms with van der Waals surface area (Å²) in [5.41, 5.74) is 2.40. The minimum Gasteiger partial charge on any atom is -0.544 e. The number of sulfone groups is 1. The molecule has 6 rings (SSSR count). The Morgan fingerprint density at radius 3 is 2.38 bits per heavy atom. The number of hydrogen-bond donors (Lipinski definition) is 0. The lowest BCUT2D eigenvalue weighted by molar-refractivity contribution is -0.384. The highest BCUT2D eigenvalue weighted by Crippen LogP contribution is 2.35. The van der Waals surface area contributed by atoms with Crippen molar-refractivity contribution in [1.82, 2.24) is 15.1 Å². The molecule has 12 nitrogen and oxygen atoms in total. The number of aromatic nitrogens is 3. The number of benzene rings is 2. The van der Waals surface area contributed by atoms with Crippen LogP contribution in [0.3, 0.4) is 0 Å². The average Bonchev–Trinajstić information content (AvgIpc) is 3.86. The molecular weight excluding hydrogens is 524 g/mol. The number of nitrogens with zero attached hydrogens (tertiary/aromatic N) is 5. The SMILES string of the molecule is CC(C)S(=O)(=O)c1ccc(-c2cnc(N=C3OB3C3[B]O3)c(-c3cc(-c4ccc([N+](=O)[O-])cc4)no3)n2)cc1. The third-order valence-corrected chi connectivity index (χ3v) is 8.38. The maximum atomic E-state index is 12.5. The van der Waals surface area contributed by atoms with Crippen LogP contribution >= 0.6 is 0 Å². The van der Waals surface area contributed by atoms with Crippen molar-refractivity contribution in [1.29, 1.82) is 0 Å². The summed E-state index contributed by atoms with van der Waals surface area (Å²) >= 11 is 0. The van der Waals surface area contributed by atoms with Crippen LogP contribution < -0.4 is 0 Å². The molecule has 0 bridgehead atoms. The highest BCUT2D eigenvalue weighted by Gasteiger charge is 2.57. The normalized spacial score (nSPS) is 17.2. The number of hydrogen-bond acceptors (Lipinski definition) is 11. The molecule has 39 heavy (non-hydrogen) atoms. The highest BCUT2D eigenvalue weighted by atomic mass is 32.2. The number of non-ortho nitro benzene ring substituents is 1. The largest absolute Gasteiger partial charge is 0.544 e. The van der Waals surface area contributed by atoms with E-state index in [-0.39, 0.29) is 40.7 Å². The molecule has 2 saturated heterocycles. The monoisotopic (exact) mass is 542 g/mol. The average molecular weight is 542 g/mol. The third-order valence-electron chi connectivity index (χ3n) is 6.21. The summed E-state index contributed by atoms with van der Waals surface area (Å²) in [6, 6.07) is 14.0. The molecule has 2 aliphatic rings. The second kappa shape index (κ2) is 9.43. The molecule has 15 heteroatoms. The molecule has 4 heterocycles. The summed E-state index contributed by atoms with van der Waals surface area (Å²) in [7, 11) is -1.77. The van der Waals surface area contributed by atoms with Crippen LogP contribution in [0.2, 0.25) is 0 Å². The lowest BCUT2D eigenvalue weighted by Crippen LogP contribution is -2.13. The molecule has 2 aliphatic heterocycles. The predicted octanol–water partition coefficient (Wildman–Crippen LogP) is 3.66. The van der Waals surface area contributed by atoms with Gasteiger partial charge in [-0.1, -0.05) is 17.3 Å². The molecule has 0 aliphatic carbocycles. The number of aliphatic imine (C=N–C) groups is 1. The Bertz CT molecular complexity index is 1720. The van der Waals surface area contributed by atoms with Gasteiger partial charge in [-0.15, -0.1) is 0 Å². The van der Waals surface area contributed by atoms with E-state index in [4.69, 9.17) is 18.8 Å². The summed E-state index contributed by atoms with van der Waals surface area (Å²) in [6.45, 7) is 3.00. The zero-order valence-electron chi connectivity index (χ0n) is 20.6. The summed E-state index contributed by atoms with van der Waals surface area (Å²) in [5, 5.41) is 14.5. The van der Waals surface area contributed by atoms with Gasteiger partial charge in [-0.2, -0.15) is 0 Å². The molecule has 2 aromatic carbocycles. The smallest absolute Gasteiger partial charge is 0.474 e. The Labute approximate surface area is 223 Å². The zero-order chi connectivity index (χ0) is 27.3. The predicted molar refractivity (Wildman–Crippen MR) is 142 cm³/mol. The molecule has 2 fully saturated rings. The van der Waals surface area contributed by atoms with E-state index < -0.39 is 20.0 Å². The quantitative estimate of drug-likeness (QED) is 0.139. The van der Waals surface area contributed by atoms with Gasteiger partial charge in [-0.25, -0.2) is 23.4 Å². The first-order chi connectivity index (χ1) is 18.7. The van der Waals surface area contributed by atoms with Crippen molar-refractivity contribution in [2.45, 2.75) is 29.9 Å². The van der Waals surface area contributed by atoms with Crippen molar-refractivity contribution in [2.24, 2.45) is 4.99 Å². The van der Waals surface area contributed by atoms with E-state index in [0.717, 1.165) is 0 Å². The van der Waals surface area contributed by atoms with Crippen LogP contribution in [0.5, 0.6) is 0 Å². The fraction of sp³-hybridized carbons (Fsp3) is 0.167. The van der Waals surface area contributed by atoms with Crippen LogP contribution in [-0.4, -0.2) is 59.8 Å². The van der Waals surface area contributed by atoms with Crippen LogP contribution in [0, 0.1) is 10.1 Å². The summed E-state index contributed by atoms with van der Waals surface area (Å²) in [4.78, 5) is 24.4. The van der Waals surface area contributed by atoms with Gasteiger partial charge in [0.2, 0.25) is 0 Å². The fourth-order valence-electron chi connectivity index (χ4n) is 3.82. The molecule has 193 valence electrons. The van der Waals surface area contributed by atoms with Crippen molar-refractivity contribution < 1.29 is 27.2 Å². The first kappa shape index (κ1) is 24.9. The second-order valence-electron chi connectivity index (χ2n) is 9.15. The van der Waals surface area contributed by atoms with Gasteiger partial charge < -0.3 is 13.8 Å². The molecule has 1 radical (unpaired) electrons. The molecule has 4 aromatic rings. The van der Waals surface area contributed by atoms with Gasteiger partial charge in [-0.05, 0) is 38.1 Å². The van der Waals surface area contributed by atoms with Crippen LogP contribution in [-0.2, 0) is 19.1 Å². The Hall–Kier alpha value is -4.36. The van der Waals surface area contributed by atoms with Crippen LogP contribution in [0.15, 0.2) is 75.2 Å². The van der Waals surface area contributed by atoms with Gasteiger partial charge in [-0.3, -0.25) is 10.1 Å². The van der Waals surface area contributed by atoms with E-state index in [0.29, 0.717) is 28.3 Å². The summed E-state index contributed by atoms with van der Waals surface area (Å²) in [5.74, 6) is 0.833. The second-order valence-corrected chi connectivity index (χ2v) is 11.7. The lowest BCUT2D eigenvalue weighted by atomic mass is 9.65. The summed E-state index contributed by atoms with van der Waals surface area (Å²) in [6.07, 6.45) is 1.53. The molecule has 1 atom stereocenters. The van der Waals surface area contributed by atoms with Gasteiger partial charge >= 0.3 is 14.4 Å². The molecule has 2 aromatic heterocycles. The molecular formula is C24H18B2N5O7S. The minimum atomic E-state index is -3.42. The fourth-order valence-corrected chi connectivity index (χ4v) is 4.88. The van der Waals surface area contributed by atoms with E-state index in [1.54, 1.807) is 51.7 Å². The number of nitro benzene ring substituents is 1. The van der Waals surface area contributed by atoms with E-state index in [2.05, 4.69) is 15.1 Å². The lowest BCUT2D eigenvalue weighted by Gasteiger charge is -2.09. The van der Waals surface area contributed by atoms with Crippen molar-refractivity contribution in [2.75, 3.05) is 0 Å². The van der Waals surface area contributed by atoms with Gasteiger partial charge in [0.15, 0.2) is 32.9 Å². The standard InChI is InChI=1S/C24H18B2N5O7S/c1-13(2)39(34,35)17-9-5-15(6-10-17)19-12-27-22(29-24-26(37-24)23-25-36-23)21(28-19)20-11-18(30-38-20)14-3-7-16(8-4-14)31(32)33/h3-13,23H,1-2H3. The van der Waals surface area contributed by atoms with Crippen LogP contribution in [0.1, 0.15) is 13.8 Å². The van der Waals surface area contributed by atoms with Gasteiger partial charge in [0.05, 0.1) is 32.9 Å². The van der Waals surface area contributed by atoms with Gasteiger partial charge in [0.25, 0.3) is 5.69 Å². The van der Waals surface area contributed by atoms with Crippen LogP contribution in [0.4, 0.5) is 11.5 Å². The molecule has 0 amide bonds. The van der Waals surface area contributed by atoms with Crippen molar-refractivity contribution >= 4 is 41.5 Å². The van der Waals surface area contributed by atoms with Crippen LogP contribution in [0.25, 0.3) is 34.0 Å². The summed E-state index contributed by atoms with van der Waals surface area (Å²) < 4.78 is 41.2. The Morgan fingerprint density at radius 1 is 1.08 bits per heavy atom. The Morgan fingerprint density at radius 2 is 1.74 bits per heavy atom. The first-order valence-electron chi connectivity index (χ1n) is 11.9. The Balaban J connectivity index is 1.37. The highest BCUT2D eigenvalue weighted by molar-refractivity contribution is 7.92. The minimum absolute atomic E-state index is 0.0396. The maximum Gasteiger partial charge on any atom is 0.474 e. The zero-order valence-corrected chi connectivity index (χ0v) is 21.4. The molecule has 0 spiro atoms. The molecule has 0 N–H and O–H groups in total. The van der Waals surface area contributed by atoms with Gasteiger partial charge in [0.1, 0.15) is 5.69 Å². The molecule has 1 unspecified atom stereocenters. The van der Waals surface area contributed by atoms with E-state index in [9.17, 15) is 18.5 Å². The maximum absolute atomic E-state index is 12.5. The van der Waals surface area contributed by atoms with E-state index in [1.165, 1.54) is 30.5 Å². The van der Waals surface area contributed by atoms with E-state index in [1.807, 2.05) is 0 Å². The topological polar surface area (TPSA) is 167 Å². The number of rotatable bonds is 8. The Kier molecular flexibility index (Phi) is 6.03. The molecule has 0 saturated carbocycles.